The van der Waals surface area contributed by atoms with E-state index in [9.17, 15) is 23.1 Å². The number of ether oxygens (including phenoxy) is 1. The molecule has 0 bridgehead atoms. The van der Waals surface area contributed by atoms with Gasteiger partial charge in [-0.25, -0.2) is 0 Å². The summed E-state index contributed by atoms with van der Waals surface area (Å²) in [4.78, 5) is 13.8. The standard InChI is InChI=1S/C15H18F3NO3/c1-22-14(15(16,17)18,11-6-3-2-4-7-11)13(21)19-9-5-8-12(19)10-20/h2-4,6-7,12,20H,5,8-10H2,1H3/t12-,14-/m1/s1. The second kappa shape index (κ2) is 6.26. The molecule has 1 aromatic rings. The molecule has 0 unspecified atom stereocenters. The van der Waals surface area contributed by atoms with Crippen LogP contribution in [-0.4, -0.2) is 48.4 Å². The van der Waals surface area contributed by atoms with E-state index in [1.807, 2.05) is 0 Å². The second-order valence-corrected chi connectivity index (χ2v) is 5.23. The Morgan fingerprint density at radius 1 is 1.36 bits per heavy atom. The molecule has 0 aromatic heterocycles. The summed E-state index contributed by atoms with van der Waals surface area (Å²) in [5, 5.41) is 9.28. The molecule has 22 heavy (non-hydrogen) atoms. The number of halogens is 3. The van der Waals surface area contributed by atoms with E-state index in [4.69, 9.17) is 4.74 Å². The van der Waals surface area contributed by atoms with Crippen LogP contribution in [0.3, 0.4) is 0 Å². The lowest BCUT2D eigenvalue weighted by molar-refractivity contribution is -0.270. The minimum atomic E-state index is -4.91. The molecule has 1 fully saturated rings. The molecular formula is C15H18F3NO3. The van der Waals surface area contributed by atoms with Crippen molar-refractivity contribution in [2.45, 2.75) is 30.7 Å². The molecule has 4 nitrogen and oxygen atoms in total. The molecule has 1 aliphatic rings. The largest absolute Gasteiger partial charge is 0.430 e. The minimum absolute atomic E-state index is 0.179. The molecule has 2 atom stereocenters. The Morgan fingerprint density at radius 3 is 2.50 bits per heavy atom. The number of rotatable bonds is 4. The van der Waals surface area contributed by atoms with Crippen LogP contribution in [0.5, 0.6) is 0 Å². The van der Waals surface area contributed by atoms with Crippen molar-refractivity contribution < 1.29 is 27.8 Å². The Morgan fingerprint density at radius 2 is 2.00 bits per heavy atom. The SMILES string of the molecule is CO[C@@](C(=O)N1CCC[C@@H]1CO)(c1ccccc1)C(F)(F)F. The fourth-order valence-electron chi connectivity index (χ4n) is 2.90. The number of hydrogen-bond donors (Lipinski definition) is 1. The van der Waals surface area contributed by atoms with Gasteiger partial charge < -0.3 is 14.7 Å². The molecule has 0 radical (unpaired) electrons. The van der Waals surface area contributed by atoms with Crippen molar-refractivity contribution in [3.8, 4) is 0 Å². The number of carbonyl (C=O) groups excluding carboxylic acids is 1. The Bertz CT molecular complexity index is 521. The summed E-state index contributed by atoms with van der Waals surface area (Å²) in [5.74, 6) is -1.18. The first kappa shape index (κ1) is 16.8. The molecule has 1 N–H and O–H groups in total. The molecule has 1 aromatic carbocycles. The lowest BCUT2D eigenvalue weighted by atomic mass is 9.90. The van der Waals surface area contributed by atoms with Gasteiger partial charge in [-0.3, -0.25) is 4.79 Å². The molecule has 1 saturated heterocycles. The number of nitrogens with zero attached hydrogens (tertiary/aromatic N) is 1. The van der Waals surface area contributed by atoms with E-state index >= 15 is 0 Å². The Labute approximate surface area is 126 Å². The average Bonchev–Trinajstić information content (AvgIpc) is 2.96. The van der Waals surface area contributed by atoms with Gasteiger partial charge in [0.1, 0.15) is 0 Å². The monoisotopic (exact) mass is 317 g/mol. The zero-order valence-electron chi connectivity index (χ0n) is 12.1. The first-order valence-electron chi connectivity index (χ1n) is 6.97. The number of aliphatic hydroxyl groups excluding tert-OH is 1. The first-order chi connectivity index (χ1) is 10.4. The maximum atomic E-state index is 13.8. The zero-order chi connectivity index (χ0) is 16.4. The third kappa shape index (κ3) is 2.59. The summed E-state index contributed by atoms with van der Waals surface area (Å²) < 4.78 is 46.0. The van der Waals surface area contributed by atoms with Crippen molar-refractivity contribution >= 4 is 5.91 Å². The van der Waals surface area contributed by atoms with Crippen molar-refractivity contribution in [2.24, 2.45) is 0 Å². The average molecular weight is 317 g/mol. The third-order valence-corrected chi connectivity index (χ3v) is 4.04. The molecule has 2 rings (SSSR count). The van der Waals surface area contributed by atoms with Crippen LogP contribution in [0.4, 0.5) is 13.2 Å². The van der Waals surface area contributed by atoms with E-state index in [1.165, 1.54) is 24.3 Å². The van der Waals surface area contributed by atoms with Crippen LogP contribution in [0.2, 0.25) is 0 Å². The van der Waals surface area contributed by atoms with E-state index in [2.05, 4.69) is 0 Å². The molecule has 0 spiro atoms. The van der Waals surface area contributed by atoms with Crippen LogP contribution >= 0.6 is 0 Å². The van der Waals surface area contributed by atoms with Crippen LogP contribution in [0, 0.1) is 0 Å². The highest BCUT2D eigenvalue weighted by Gasteiger charge is 2.64. The number of aliphatic hydroxyl groups is 1. The normalized spacial score (nSPS) is 21.7. The Hall–Kier alpha value is -1.60. The van der Waals surface area contributed by atoms with Crippen molar-refractivity contribution in [3.05, 3.63) is 35.9 Å². The number of carbonyl (C=O) groups is 1. The maximum Gasteiger partial charge on any atom is 0.430 e. The molecular weight excluding hydrogens is 299 g/mol. The van der Waals surface area contributed by atoms with Crippen LogP contribution in [0.15, 0.2) is 30.3 Å². The second-order valence-electron chi connectivity index (χ2n) is 5.23. The van der Waals surface area contributed by atoms with Gasteiger partial charge in [0.25, 0.3) is 11.5 Å². The van der Waals surface area contributed by atoms with Crippen molar-refractivity contribution in [1.29, 1.82) is 0 Å². The van der Waals surface area contributed by atoms with E-state index in [-0.39, 0.29) is 18.7 Å². The van der Waals surface area contributed by atoms with Gasteiger partial charge in [-0.15, -0.1) is 0 Å². The van der Waals surface area contributed by atoms with Crippen molar-refractivity contribution in [3.63, 3.8) is 0 Å². The smallest absolute Gasteiger partial charge is 0.394 e. The maximum absolute atomic E-state index is 13.8. The van der Waals surface area contributed by atoms with Crippen LogP contribution in [0.1, 0.15) is 18.4 Å². The van der Waals surface area contributed by atoms with Gasteiger partial charge in [0.05, 0.1) is 12.6 Å². The van der Waals surface area contributed by atoms with E-state index in [0.29, 0.717) is 12.8 Å². The van der Waals surface area contributed by atoms with Gasteiger partial charge in [0.15, 0.2) is 0 Å². The van der Waals surface area contributed by atoms with Gasteiger partial charge in [-0.1, -0.05) is 30.3 Å². The fourth-order valence-corrected chi connectivity index (χ4v) is 2.90. The molecule has 0 saturated carbocycles. The number of likely N-dealkylation sites (tertiary alicyclic amines) is 1. The highest BCUT2D eigenvalue weighted by Crippen LogP contribution is 2.44. The van der Waals surface area contributed by atoms with Gasteiger partial charge in [0.2, 0.25) is 0 Å². The van der Waals surface area contributed by atoms with Crippen molar-refractivity contribution in [2.75, 3.05) is 20.3 Å². The molecule has 1 heterocycles. The van der Waals surface area contributed by atoms with E-state index in [0.717, 1.165) is 12.0 Å². The summed E-state index contributed by atoms with van der Waals surface area (Å²) >= 11 is 0. The van der Waals surface area contributed by atoms with Gasteiger partial charge in [-0.2, -0.15) is 13.2 Å². The summed E-state index contributed by atoms with van der Waals surface area (Å²) in [6.45, 7) is -0.184. The summed E-state index contributed by atoms with van der Waals surface area (Å²) in [6.07, 6.45) is -3.87. The molecule has 1 aliphatic heterocycles. The lowest BCUT2D eigenvalue weighted by Crippen LogP contribution is -2.58. The summed E-state index contributed by atoms with van der Waals surface area (Å²) in [7, 11) is 0.877. The number of alkyl halides is 3. The molecule has 7 heteroatoms. The first-order valence-corrected chi connectivity index (χ1v) is 6.97. The highest BCUT2D eigenvalue weighted by atomic mass is 19.4. The Kier molecular flexibility index (Phi) is 4.77. The topological polar surface area (TPSA) is 49.8 Å². The van der Waals surface area contributed by atoms with Gasteiger partial charge in [-0.05, 0) is 12.8 Å². The molecule has 122 valence electrons. The number of amides is 1. The number of hydrogen-bond acceptors (Lipinski definition) is 3. The van der Waals surface area contributed by atoms with Gasteiger partial charge >= 0.3 is 6.18 Å². The fraction of sp³-hybridized carbons (Fsp3) is 0.533. The predicted molar refractivity (Wildman–Crippen MR) is 73.0 cm³/mol. The number of benzene rings is 1. The van der Waals surface area contributed by atoms with Gasteiger partial charge in [0, 0.05) is 19.2 Å². The lowest BCUT2D eigenvalue weighted by Gasteiger charge is -2.38. The highest BCUT2D eigenvalue weighted by molar-refractivity contribution is 5.88. The van der Waals surface area contributed by atoms with Crippen LogP contribution in [-0.2, 0) is 15.1 Å². The third-order valence-electron chi connectivity index (χ3n) is 4.04. The van der Waals surface area contributed by atoms with Crippen molar-refractivity contribution in [1.82, 2.24) is 4.90 Å². The summed E-state index contributed by atoms with van der Waals surface area (Å²) in [6, 6.07) is 6.26. The Balaban J connectivity index is 2.52. The molecule has 1 amide bonds. The zero-order valence-corrected chi connectivity index (χ0v) is 12.1. The minimum Gasteiger partial charge on any atom is -0.394 e. The van der Waals surface area contributed by atoms with E-state index in [1.54, 1.807) is 6.07 Å². The predicted octanol–water partition coefficient (Wildman–Crippen LogP) is 2.07. The quantitative estimate of drug-likeness (QED) is 0.925. The van der Waals surface area contributed by atoms with Crippen LogP contribution in [0.25, 0.3) is 0 Å². The summed E-state index contributed by atoms with van der Waals surface area (Å²) in [5.41, 5.74) is -3.31. The van der Waals surface area contributed by atoms with E-state index < -0.39 is 23.7 Å². The number of methoxy groups -OCH3 is 1. The molecule has 0 aliphatic carbocycles. The van der Waals surface area contributed by atoms with Crippen LogP contribution < -0.4 is 0 Å².